The topological polar surface area (TPSA) is 20.7 Å². The maximum Gasteiger partial charge on any atom is 0.416 e. The van der Waals surface area contributed by atoms with Crippen molar-refractivity contribution >= 4 is 32.8 Å². The third-order valence-corrected chi connectivity index (χ3v) is 3.97. The van der Waals surface area contributed by atoms with Crippen molar-refractivity contribution in [1.82, 2.24) is 9.55 Å². The maximum absolute atomic E-state index is 12.8. The van der Waals surface area contributed by atoms with Gasteiger partial charge in [0.15, 0.2) is 0 Å². The van der Waals surface area contributed by atoms with E-state index in [1.807, 2.05) is 35.9 Å². The summed E-state index contributed by atoms with van der Waals surface area (Å²) in [7, 11) is 1.93. The molecule has 0 radical (unpaired) electrons. The van der Waals surface area contributed by atoms with E-state index in [1.54, 1.807) is 0 Å². The summed E-state index contributed by atoms with van der Waals surface area (Å²) >= 11 is 0. The lowest BCUT2D eigenvalue weighted by Crippen LogP contribution is -2.04. The number of benzene rings is 2. The van der Waals surface area contributed by atoms with Gasteiger partial charge in [-0.3, -0.25) is 0 Å². The third kappa shape index (κ3) is 1.60. The molecule has 5 heteroatoms. The SMILES string of the molecule is Cn1c2ccccc2c2[nH]c3cc(C(F)(F)F)ccc3c21. The van der Waals surface area contributed by atoms with E-state index in [4.69, 9.17) is 0 Å². The first-order valence-electron chi connectivity index (χ1n) is 6.53. The summed E-state index contributed by atoms with van der Waals surface area (Å²) in [6.45, 7) is 0. The summed E-state index contributed by atoms with van der Waals surface area (Å²) in [5, 5.41) is 1.82. The summed E-state index contributed by atoms with van der Waals surface area (Å²) in [5.74, 6) is 0. The van der Waals surface area contributed by atoms with Crippen LogP contribution in [0.3, 0.4) is 0 Å². The zero-order chi connectivity index (χ0) is 14.8. The van der Waals surface area contributed by atoms with Crippen LogP contribution in [-0.2, 0) is 13.2 Å². The van der Waals surface area contributed by atoms with Crippen LogP contribution >= 0.6 is 0 Å². The number of fused-ring (bicyclic) bond motifs is 5. The standard InChI is InChI=1S/C16H11F3N2/c1-21-13-5-3-2-4-11(13)14-15(21)10-7-6-9(16(17,18)19)8-12(10)20-14/h2-8,20H,1H3. The van der Waals surface area contributed by atoms with Crippen molar-refractivity contribution in [2.24, 2.45) is 7.05 Å². The van der Waals surface area contributed by atoms with Gasteiger partial charge in [0.05, 0.1) is 22.1 Å². The van der Waals surface area contributed by atoms with Crippen molar-refractivity contribution in [2.75, 3.05) is 0 Å². The molecule has 0 unspecified atom stereocenters. The Kier molecular flexibility index (Phi) is 2.24. The molecule has 0 aliphatic carbocycles. The Morgan fingerprint density at radius 1 is 1.00 bits per heavy atom. The van der Waals surface area contributed by atoms with Crippen LogP contribution < -0.4 is 0 Å². The van der Waals surface area contributed by atoms with Crippen molar-refractivity contribution < 1.29 is 13.2 Å². The Morgan fingerprint density at radius 2 is 1.76 bits per heavy atom. The molecule has 2 nitrogen and oxygen atoms in total. The highest BCUT2D eigenvalue weighted by Gasteiger charge is 2.31. The van der Waals surface area contributed by atoms with Crippen molar-refractivity contribution in [3.8, 4) is 0 Å². The van der Waals surface area contributed by atoms with Crippen LogP contribution in [0.1, 0.15) is 5.56 Å². The molecule has 0 spiro atoms. The predicted molar refractivity (Wildman–Crippen MR) is 77.3 cm³/mol. The lowest BCUT2D eigenvalue weighted by Gasteiger charge is -2.06. The number of aromatic amines is 1. The van der Waals surface area contributed by atoms with Gasteiger partial charge in [0, 0.05) is 23.3 Å². The van der Waals surface area contributed by atoms with Gasteiger partial charge in [0.1, 0.15) is 0 Å². The molecule has 0 aliphatic heterocycles. The van der Waals surface area contributed by atoms with E-state index in [2.05, 4.69) is 4.98 Å². The molecule has 2 heterocycles. The summed E-state index contributed by atoms with van der Waals surface area (Å²) in [6.07, 6.45) is -4.33. The maximum atomic E-state index is 12.8. The number of aromatic nitrogens is 2. The first-order valence-corrected chi connectivity index (χ1v) is 6.53. The minimum Gasteiger partial charge on any atom is -0.353 e. The van der Waals surface area contributed by atoms with Gasteiger partial charge < -0.3 is 9.55 Å². The molecule has 4 rings (SSSR count). The van der Waals surface area contributed by atoms with E-state index in [-0.39, 0.29) is 0 Å². The van der Waals surface area contributed by atoms with E-state index in [9.17, 15) is 13.2 Å². The summed E-state index contributed by atoms with van der Waals surface area (Å²) in [4.78, 5) is 3.13. The van der Waals surface area contributed by atoms with Crippen molar-refractivity contribution in [2.45, 2.75) is 6.18 Å². The molecule has 21 heavy (non-hydrogen) atoms. The molecule has 2 aromatic carbocycles. The van der Waals surface area contributed by atoms with E-state index in [0.717, 1.165) is 33.4 Å². The van der Waals surface area contributed by atoms with Gasteiger partial charge in [0.25, 0.3) is 0 Å². The number of H-pyrrole nitrogens is 1. The highest BCUT2D eigenvalue weighted by Crippen LogP contribution is 2.36. The summed E-state index contributed by atoms with van der Waals surface area (Å²) in [5.41, 5.74) is 2.74. The van der Waals surface area contributed by atoms with E-state index in [1.165, 1.54) is 12.1 Å². The minimum atomic E-state index is -4.33. The normalized spacial score (nSPS) is 12.8. The Hall–Kier alpha value is -2.43. The number of para-hydroxylation sites is 1. The van der Waals surface area contributed by atoms with Crippen LogP contribution in [0.25, 0.3) is 32.8 Å². The molecule has 0 aliphatic rings. The van der Waals surface area contributed by atoms with Crippen molar-refractivity contribution in [3.63, 3.8) is 0 Å². The number of hydrogen-bond acceptors (Lipinski definition) is 0. The van der Waals surface area contributed by atoms with Crippen molar-refractivity contribution in [3.05, 3.63) is 48.0 Å². The highest BCUT2D eigenvalue weighted by atomic mass is 19.4. The highest BCUT2D eigenvalue weighted by molar-refractivity contribution is 6.17. The van der Waals surface area contributed by atoms with Crippen molar-refractivity contribution in [1.29, 1.82) is 0 Å². The van der Waals surface area contributed by atoms with Gasteiger partial charge in [-0.25, -0.2) is 0 Å². The average Bonchev–Trinajstić information content (AvgIpc) is 2.95. The monoisotopic (exact) mass is 288 g/mol. The molecule has 106 valence electrons. The second kappa shape index (κ2) is 3.81. The van der Waals surface area contributed by atoms with Gasteiger partial charge in [0.2, 0.25) is 0 Å². The second-order valence-electron chi connectivity index (χ2n) is 5.18. The first kappa shape index (κ1) is 12.3. The number of alkyl halides is 3. The van der Waals surface area contributed by atoms with Crippen LogP contribution in [0, 0.1) is 0 Å². The number of aryl methyl sites for hydroxylation is 1. The van der Waals surface area contributed by atoms with E-state index < -0.39 is 11.7 Å². The Balaban J connectivity index is 2.15. The predicted octanol–water partition coefficient (Wildman–Crippen LogP) is 4.83. The molecule has 0 saturated carbocycles. The molecule has 0 bridgehead atoms. The lowest BCUT2D eigenvalue weighted by atomic mass is 10.1. The van der Waals surface area contributed by atoms with Gasteiger partial charge >= 0.3 is 6.18 Å². The number of nitrogens with zero attached hydrogens (tertiary/aromatic N) is 1. The zero-order valence-corrected chi connectivity index (χ0v) is 11.1. The molecule has 0 amide bonds. The van der Waals surface area contributed by atoms with Gasteiger partial charge in [-0.15, -0.1) is 0 Å². The Morgan fingerprint density at radius 3 is 2.52 bits per heavy atom. The van der Waals surface area contributed by atoms with Crippen LogP contribution in [0.4, 0.5) is 13.2 Å². The molecule has 0 saturated heterocycles. The molecule has 2 aromatic heterocycles. The number of nitrogens with one attached hydrogen (secondary N) is 1. The first-order chi connectivity index (χ1) is 9.97. The Labute approximate surface area is 117 Å². The second-order valence-corrected chi connectivity index (χ2v) is 5.18. The van der Waals surface area contributed by atoms with Gasteiger partial charge in [-0.05, 0) is 18.2 Å². The van der Waals surface area contributed by atoms with Crippen LogP contribution in [0.15, 0.2) is 42.5 Å². The Bertz CT molecular complexity index is 989. The smallest absolute Gasteiger partial charge is 0.353 e. The lowest BCUT2D eigenvalue weighted by molar-refractivity contribution is -0.137. The van der Waals surface area contributed by atoms with E-state index in [0.29, 0.717) is 5.52 Å². The molecular formula is C16H11F3N2. The fraction of sp³-hybridized carbons (Fsp3) is 0.125. The zero-order valence-electron chi connectivity index (χ0n) is 11.1. The molecule has 0 atom stereocenters. The number of halogens is 3. The summed E-state index contributed by atoms with van der Waals surface area (Å²) in [6, 6.07) is 11.7. The largest absolute Gasteiger partial charge is 0.416 e. The minimum absolute atomic E-state index is 0.510. The van der Waals surface area contributed by atoms with Crippen LogP contribution in [-0.4, -0.2) is 9.55 Å². The fourth-order valence-corrected chi connectivity index (χ4v) is 3.00. The molecule has 4 aromatic rings. The number of hydrogen-bond donors (Lipinski definition) is 1. The van der Waals surface area contributed by atoms with E-state index >= 15 is 0 Å². The summed E-state index contributed by atoms with van der Waals surface area (Å²) < 4.78 is 40.4. The number of rotatable bonds is 0. The van der Waals surface area contributed by atoms with Gasteiger partial charge in [-0.1, -0.05) is 24.3 Å². The average molecular weight is 288 g/mol. The van der Waals surface area contributed by atoms with Gasteiger partial charge in [-0.2, -0.15) is 13.2 Å². The third-order valence-electron chi connectivity index (χ3n) is 3.97. The molecular weight excluding hydrogens is 277 g/mol. The molecule has 1 N–H and O–H groups in total. The quantitative estimate of drug-likeness (QED) is 0.478. The fourth-order valence-electron chi connectivity index (χ4n) is 3.00. The van der Waals surface area contributed by atoms with Crippen LogP contribution in [0.2, 0.25) is 0 Å². The molecule has 0 fully saturated rings. The van der Waals surface area contributed by atoms with Crippen LogP contribution in [0.5, 0.6) is 0 Å².